The molecule has 3 rings (SSSR count). The standard InChI is InChI=1S/C19H14ClF2NO4S/c1-26-15-8-12(4-7-14(15)27-18(21)22)9-16-17(24)23(19(25)28-16)10-11-2-5-13(20)6-3-11/h2-9,18H,10H2,1H3/b16-9-. The minimum Gasteiger partial charge on any atom is -0.493 e. The summed E-state index contributed by atoms with van der Waals surface area (Å²) in [5, 5.41) is 0.168. The molecule has 0 aliphatic carbocycles. The van der Waals surface area contributed by atoms with Crippen LogP contribution in [0.25, 0.3) is 6.08 Å². The largest absolute Gasteiger partial charge is 0.493 e. The number of halogens is 3. The van der Waals surface area contributed by atoms with Gasteiger partial charge in [0.1, 0.15) is 0 Å². The molecule has 0 atom stereocenters. The van der Waals surface area contributed by atoms with Crippen molar-refractivity contribution in [3.63, 3.8) is 0 Å². The molecule has 0 radical (unpaired) electrons. The van der Waals surface area contributed by atoms with Crippen LogP contribution in [0.4, 0.5) is 13.6 Å². The predicted molar refractivity (Wildman–Crippen MR) is 103 cm³/mol. The van der Waals surface area contributed by atoms with E-state index < -0.39 is 17.8 Å². The lowest BCUT2D eigenvalue weighted by Gasteiger charge is -2.12. The van der Waals surface area contributed by atoms with E-state index in [1.165, 1.54) is 31.4 Å². The van der Waals surface area contributed by atoms with E-state index >= 15 is 0 Å². The first-order valence-corrected chi connectivity index (χ1v) is 9.19. The second-order valence-corrected chi connectivity index (χ2v) is 7.11. The van der Waals surface area contributed by atoms with E-state index in [9.17, 15) is 18.4 Å². The van der Waals surface area contributed by atoms with Crippen molar-refractivity contribution in [1.82, 2.24) is 4.90 Å². The predicted octanol–water partition coefficient (Wildman–Crippen LogP) is 5.19. The molecular formula is C19H14ClF2NO4S. The second-order valence-electron chi connectivity index (χ2n) is 5.68. The van der Waals surface area contributed by atoms with Crippen LogP contribution in [0.5, 0.6) is 11.5 Å². The molecular weight excluding hydrogens is 412 g/mol. The third-order valence-corrected chi connectivity index (χ3v) is 4.99. The topological polar surface area (TPSA) is 55.8 Å². The van der Waals surface area contributed by atoms with Gasteiger partial charge in [-0.2, -0.15) is 8.78 Å². The maximum absolute atomic E-state index is 12.6. The van der Waals surface area contributed by atoms with Gasteiger partial charge in [0.05, 0.1) is 18.6 Å². The van der Waals surface area contributed by atoms with Gasteiger partial charge in [-0.15, -0.1) is 0 Å². The van der Waals surface area contributed by atoms with Gasteiger partial charge in [0, 0.05) is 5.02 Å². The van der Waals surface area contributed by atoms with Crippen LogP contribution in [0.1, 0.15) is 11.1 Å². The summed E-state index contributed by atoms with van der Waals surface area (Å²) in [6.45, 7) is -2.85. The Morgan fingerprint density at radius 2 is 1.86 bits per heavy atom. The molecule has 1 aliphatic heterocycles. The average Bonchev–Trinajstić information content (AvgIpc) is 2.91. The van der Waals surface area contributed by atoms with E-state index in [1.54, 1.807) is 24.3 Å². The van der Waals surface area contributed by atoms with Crippen molar-refractivity contribution in [3.8, 4) is 11.5 Å². The normalized spacial score (nSPS) is 15.6. The molecule has 0 bridgehead atoms. The van der Waals surface area contributed by atoms with E-state index in [-0.39, 0.29) is 22.9 Å². The van der Waals surface area contributed by atoms with Gasteiger partial charge in [-0.1, -0.05) is 29.8 Å². The SMILES string of the molecule is COc1cc(/C=C2\SC(=O)N(Cc3ccc(Cl)cc3)C2=O)ccc1OC(F)F. The highest BCUT2D eigenvalue weighted by Crippen LogP contribution is 2.35. The van der Waals surface area contributed by atoms with Crippen LogP contribution in [0, 0.1) is 0 Å². The van der Waals surface area contributed by atoms with Crippen molar-refractivity contribution in [3.05, 3.63) is 63.5 Å². The van der Waals surface area contributed by atoms with Crippen LogP contribution in [-0.4, -0.2) is 29.8 Å². The first-order chi connectivity index (χ1) is 13.4. The van der Waals surface area contributed by atoms with Crippen molar-refractivity contribution in [1.29, 1.82) is 0 Å². The van der Waals surface area contributed by atoms with Crippen LogP contribution in [0.3, 0.4) is 0 Å². The van der Waals surface area contributed by atoms with Crippen LogP contribution >= 0.6 is 23.4 Å². The lowest BCUT2D eigenvalue weighted by molar-refractivity contribution is -0.123. The monoisotopic (exact) mass is 425 g/mol. The molecule has 146 valence electrons. The maximum Gasteiger partial charge on any atom is 0.387 e. The minimum atomic E-state index is -2.98. The molecule has 2 aromatic rings. The van der Waals surface area contributed by atoms with Crippen LogP contribution in [0.15, 0.2) is 47.4 Å². The molecule has 1 fully saturated rings. The van der Waals surface area contributed by atoms with Gasteiger partial charge in [0.15, 0.2) is 11.5 Å². The van der Waals surface area contributed by atoms with E-state index in [2.05, 4.69) is 4.74 Å². The highest BCUT2D eigenvalue weighted by Gasteiger charge is 2.35. The number of alkyl halides is 2. The zero-order valence-electron chi connectivity index (χ0n) is 14.5. The Bertz CT molecular complexity index is 934. The number of rotatable bonds is 6. The van der Waals surface area contributed by atoms with Gasteiger partial charge in [0.2, 0.25) is 0 Å². The fraction of sp³-hybridized carbons (Fsp3) is 0.158. The Balaban J connectivity index is 1.80. The smallest absolute Gasteiger partial charge is 0.387 e. The number of imide groups is 1. The number of methoxy groups -OCH3 is 1. The van der Waals surface area contributed by atoms with Gasteiger partial charge >= 0.3 is 6.61 Å². The maximum atomic E-state index is 12.6. The number of benzene rings is 2. The summed E-state index contributed by atoms with van der Waals surface area (Å²) in [6, 6.07) is 11.1. The molecule has 9 heteroatoms. The van der Waals surface area contributed by atoms with Crippen molar-refractivity contribution < 1.29 is 27.8 Å². The number of ether oxygens (including phenoxy) is 2. The quantitative estimate of drug-likeness (QED) is 0.596. The Kier molecular flexibility index (Phi) is 6.21. The number of carbonyl (C=O) groups is 2. The van der Waals surface area contributed by atoms with Gasteiger partial charge < -0.3 is 9.47 Å². The Morgan fingerprint density at radius 1 is 1.14 bits per heavy atom. The van der Waals surface area contributed by atoms with Gasteiger partial charge in [-0.05, 0) is 53.2 Å². The summed E-state index contributed by atoms with van der Waals surface area (Å²) in [5.41, 5.74) is 1.28. The molecule has 28 heavy (non-hydrogen) atoms. The molecule has 1 aliphatic rings. The minimum absolute atomic E-state index is 0.0921. The van der Waals surface area contributed by atoms with Crippen molar-refractivity contribution >= 4 is 40.6 Å². The van der Waals surface area contributed by atoms with E-state index in [1.807, 2.05) is 0 Å². The van der Waals surface area contributed by atoms with E-state index in [0.717, 1.165) is 22.2 Å². The fourth-order valence-electron chi connectivity index (χ4n) is 2.53. The first-order valence-electron chi connectivity index (χ1n) is 8.00. The third kappa shape index (κ3) is 4.63. The van der Waals surface area contributed by atoms with Crippen molar-refractivity contribution in [2.45, 2.75) is 13.2 Å². The summed E-state index contributed by atoms with van der Waals surface area (Å²) in [4.78, 5) is 26.2. The first kappa shape index (κ1) is 20.2. The van der Waals surface area contributed by atoms with E-state index in [4.69, 9.17) is 16.3 Å². The fourth-order valence-corrected chi connectivity index (χ4v) is 3.49. The molecule has 5 nitrogen and oxygen atoms in total. The van der Waals surface area contributed by atoms with Crippen LogP contribution in [-0.2, 0) is 11.3 Å². The second kappa shape index (κ2) is 8.62. The average molecular weight is 426 g/mol. The Labute approximate surface area is 168 Å². The number of carbonyl (C=O) groups excluding carboxylic acids is 2. The molecule has 0 unspecified atom stereocenters. The number of amides is 2. The molecule has 2 amide bonds. The zero-order chi connectivity index (χ0) is 20.3. The molecule has 0 saturated carbocycles. The van der Waals surface area contributed by atoms with Gasteiger partial charge in [0.25, 0.3) is 11.1 Å². The van der Waals surface area contributed by atoms with Crippen LogP contribution in [0.2, 0.25) is 5.02 Å². The molecule has 0 spiro atoms. The summed E-state index contributed by atoms with van der Waals surface area (Å²) in [6.07, 6.45) is 1.50. The highest BCUT2D eigenvalue weighted by atomic mass is 35.5. The molecule has 0 aromatic heterocycles. The molecule has 0 N–H and O–H groups in total. The molecule has 2 aromatic carbocycles. The van der Waals surface area contributed by atoms with Crippen LogP contribution < -0.4 is 9.47 Å². The summed E-state index contributed by atoms with van der Waals surface area (Å²) in [7, 11) is 1.32. The zero-order valence-corrected chi connectivity index (χ0v) is 16.1. The Morgan fingerprint density at radius 3 is 2.50 bits per heavy atom. The third-order valence-electron chi connectivity index (χ3n) is 3.83. The molecule has 1 saturated heterocycles. The number of nitrogens with zero attached hydrogens (tertiary/aromatic N) is 1. The molecule has 1 heterocycles. The summed E-state index contributed by atoms with van der Waals surface area (Å²) in [5.74, 6) is -0.461. The highest BCUT2D eigenvalue weighted by molar-refractivity contribution is 8.18. The lowest BCUT2D eigenvalue weighted by Crippen LogP contribution is -2.27. The summed E-state index contributed by atoms with van der Waals surface area (Å²) >= 11 is 6.65. The summed E-state index contributed by atoms with van der Waals surface area (Å²) < 4.78 is 34.2. The van der Waals surface area contributed by atoms with Gasteiger partial charge in [-0.25, -0.2) is 0 Å². The number of thioether (sulfide) groups is 1. The number of hydrogen-bond donors (Lipinski definition) is 0. The lowest BCUT2D eigenvalue weighted by atomic mass is 10.1. The van der Waals surface area contributed by atoms with Crippen molar-refractivity contribution in [2.24, 2.45) is 0 Å². The van der Waals surface area contributed by atoms with Gasteiger partial charge in [-0.3, -0.25) is 14.5 Å². The number of hydrogen-bond acceptors (Lipinski definition) is 5. The van der Waals surface area contributed by atoms with E-state index in [0.29, 0.717) is 10.6 Å². The van der Waals surface area contributed by atoms with Crippen molar-refractivity contribution in [2.75, 3.05) is 7.11 Å². The Hall–Kier alpha value is -2.58.